The van der Waals surface area contributed by atoms with E-state index in [2.05, 4.69) is 18.6 Å². The largest absolute Gasteiger partial charge is 0.398 e. The summed E-state index contributed by atoms with van der Waals surface area (Å²) in [6.45, 7) is 6.00. The van der Waals surface area contributed by atoms with Crippen LogP contribution in [0, 0.1) is 5.92 Å². The molecule has 0 spiro atoms. The highest BCUT2D eigenvalue weighted by molar-refractivity contribution is 7.91. The molecule has 1 aromatic rings. The van der Waals surface area contributed by atoms with E-state index in [-0.39, 0.29) is 10.3 Å². The van der Waals surface area contributed by atoms with E-state index in [4.69, 9.17) is 5.73 Å². The molecule has 0 aliphatic carbocycles. The molecule has 16 heavy (non-hydrogen) atoms. The first-order chi connectivity index (χ1) is 7.31. The zero-order valence-corrected chi connectivity index (χ0v) is 11.4. The van der Waals surface area contributed by atoms with E-state index in [9.17, 15) is 8.42 Å². The van der Waals surface area contributed by atoms with Crippen LogP contribution in [0.25, 0.3) is 0 Å². The lowest BCUT2D eigenvalue weighted by atomic mass is 10.1. The van der Waals surface area contributed by atoms with E-state index >= 15 is 0 Å². The maximum atomic E-state index is 11.9. The fourth-order valence-corrected chi connectivity index (χ4v) is 3.90. The number of sulfonamides is 1. The van der Waals surface area contributed by atoms with Crippen LogP contribution in [0.5, 0.6) is 0 Å². The zero-order valence-electron chi connectivity index (χ0n) is 9.73. The lowest BCUT2D eigenvalue weighted by Gasteiger charge is -2.15. The third-order valence-electron chi connectivity index (χ3n) is 2.04. The number of thiophene rings is 1. The quantitative estimate of drug-likeness (QED) is 0.853. The molecule has 1 atom stereocenters. The van der Waals surface area contributed by atoms with Gasteiger partial charge in [-0.1, -0.05) is 13.8 Å². The molecule has 0 saturated heterocycles. The van der Waals surface area contributed by atoms with Gasteiger partial charge in [-0.25, -0.2) is 13.1 Å². The summed E-state index contributed by atoms with van der Waals surface area (Å²) in [5.74, 6) is 0.464. The third kappa shape index (κ3) is 3.77. The first kappa shape index (κ1) is 13.5. The van der Waals surface area contributed by atoms with Gasteiger partial charge < -0.3 is 5.73 Å². The van der Waals surface area contributed by atoms with Crippen LogP contribution < -0.4 is 10.5 Å². The Morgan fingerprint density at radius 1 is 1.44 bits per heavy atom. The predicted molar refractivity (Wildman–Crippen MR) is 68.0 cm³/mol. The van der Waals surface area contributed by atoms with Crippen molar-refractivity contribution in [2.24, 2.45) is 5.92 Å². The molecule has 92 valence electrons. The van der Waals surface area contributed by atoms with Crippen LogP contribution in [0.2, 0.25) is 0 Å². The normalized spacial score (nSPS) is 14.2. The molecule has 1 heterocycles. The summed E-state index contributed by atoms with van der Waals surface area (Å²) in [6.07, 6.45) is 0.820. The van der Waals surface area contributed by atoms with Gasteiger partial charge in [0.1, 0.15) is 4.21 Å². The third-order valence-corrected chi connectivity index (χ3v) is 5.09. The van der Waals surface area contributed by atoms with Crippen molar-refractivity contribution in [3.63, 3.8) is 0 Å². The second-order valence-corrected chi connectivity index (χ2v) is 7.20. The van der Waals surface area contributed by atoms with Crippen molar-refractivity contribution in [3.05, 3.63) is 11.4 Å². The highest BCUT2D eigenvalue weighted by Crippen LogP contribution is 2.22. The van der Waals surface area contributed by atoms with Crippen molar-refractivity contribution in [2.75, 3.05) is 5.73 Å². The van der Waals surface area contributed by atoms with Crippen LogP contribution in [-0.2, 0) is 10.0 Å². The molecule has 1 rings (SSSR count). The number of hydrogen-bond acceptors (Lipinski definition) is 4. The summed E-state index contributed by atoms with van der Waals surface area (Å²) in [5.41, 5.74) is 5.99. The Balaban J connectivity index is 2.73. The maximum absolute atomic E-state index is 11.9. The van der Waals surface area contributed by atoms with Gasteiger partial charge >= 0.3 is 0 Å². The number of hydrogen-bond donors (Lipinski definition) is 2. The average molecular weight is 262 g/mol. The fraction of sp³-hybridized carbons (Fsp3) is 0.600. The van der Waals surface area contributed by atoms with Crippen molar-refractivity contribution in [2.45, 2.75) is 37.4 Å². The second kappa shape index (κ2) is 5.16. The molecule has 0 amide bonds. The van der Waals surface area contributed by atoms with Gasteiger partial charge in [-0.15, -0.1) is 11.3 Å². The molecule has 0 aromatic carbocycles. The van der Waals surface area contributed by atoms with Gasteiger partial charge in [-0.05, 0) is 25.3 Å². The average Bonchev–Trinajstić information content (AvgIpc) is 2.49. The minimum absolute atomic E-state index is 0.0617. The minimum Gasteiger partial charge on any atom is -0.398 e. The van der Waals surface area contributed by atoms with E-state index in [0.717, 1.165) is 17.8 Å². The highest BCUT2D eigenvalue weighted by atomic mass is 32.2. The first-order valence-corrected chi connectivity index (χ1v) is 7.54. The zero-order chi connectivity index (χ0) is 12.3. The van der Waals surface area contributed by atoms with Crippen LogP contribution in [0.1, 0.15) is 27.2 Å². The SMILES string of the molecule is CC(C)CC(C)NS(=O)(=O)c1cc(N)cs1. The van der Waals surface area contributed by atoms with Gasteiger partial charge in [-0.3, -0.25) is 0 Å². The molecule has 0 radical (unpaired) electrons. The fourth-order valence-electron chi connectivity index (χ4n) is 1.55. The number of rotatable bonds is 5. The number of nitrogen functional groups attached to an aromatic ring is 1. The molecule has 3 N–H and O–H groups in total. The van der Waals surface area contributed by atoms with Gasteiger partial charge in [0.2, 0.25) is 10.0 Å². The van der Waals surface area contributed by atoms with Crippen molar-refractivity contribution < 1.29 is 8.42 Å². The van der Waals surface area contributed by atoms with Crippen molar-refractivity contribution >= 4 is 27.0 Å². The molecule has 1 aromatic heterocycles. The van der Waals surface area contributed by atoms with Crippen LogP contribution in [0.15, 0.2) is 15.7 Å². The van der Waals surface area contributed by atoms with E-state index in [0.29, 0.717) is 11.6 Å². The van der Waals surface area contributed by atoms with Crippen LogP contribution in [0.3, 0.4) is 0 Å². The Labute approximate surface area is 101 Å². The second-order valence-electron chi connectivity index (χ2n) is 4.35. The van der Waals surface area contributed by atoms with E-state index in [1.165, 1.54) is 6.07 Å². The summed E-state index contributed by atoms with van der Waals surface area (Å²) in [6, 6.07) is 1.42. The van der Waals surface area contributed by atoms with Gasteiger partial charge in [0, 0.05) is 17.1 Å². The smallest absolute Gasteiger partial charge is 0.250 e. The Hall–Kier alpha value is -0.590. The summed E-state index contributed by atoms with van der Waals surface area (Å²) in [7, 11) is -3.40. The summed E-state index contributed by atoms with van der Waals surface area (Å²) >= 11 is 1.14. The first-order valence-electron chi connectivity index (χ1n) is 5.17. The van der Waals surface area contributed by atoms with Gasteiger partial charge in [-0.2, -0.15) is 0 Å². The molecular weight excluding hydrogens is 244 g/mol. The highest BCUT2D eigenvalue weighted by Gasteiger charge is 2.19. The number of nitrogens with two attached hydrogens (primary N) is 1. The summed E-state index contributed by atoms with van der Waals surface area (Å²) < 4.78 is 26.7. The topological polar surface area (TPSA) is 72.2 Å². The molecular formula is C10H18N2O2S2. The number of nitrogens with one attached hydrogen (secondary N) is 1. The number of anilines is 1. The van der Waals surface area contributed by atoms with Crippen molar-refractivity contribution in [1.29, 1.82) is 0 Å². The van der Waals surface area contributed by atoms with Crippen molar-refractivity contribution in [3.8, 4) is 0 Å². The van der Waals surface area contributed by atoms with Crippen LogP contribution in [-0.4, -0.2) is 14.5 Å². The molecule has 6 heteroatoms. The van der Waals surface area contributed by atoms with Gasteiger partial charge in [0.15, 0.2) is 0 Å². The Morgan fingerprint density at radius 2 is 2.06 bits per heavy atom. The molecule has 0 aliphatic heterocycles. The van der Waals surface area contributed by atoms with E-state index in [1.807, 2.05) is 6.92 Å². The van der Waals surface area contributed by atoms with E-state index < -0.39 is 10.0 Å². The summed E-state index contributed by atoms with van der Waals surface area (Å²) in [4.78, 5) is 0. The van der Waals surface area contributed by atoms with Crippen LogP contribution >= 0.6 is 11.3 Å². The predicted octanol–water partition coefficient (Wildman–Crippen LogP) is 2.04. The van der Waals surface area contributed by atoms with Gasteiger partial charge in [0.05, 0.1) is 0 Å². The Kier molecular flexibility index (Phi) is 4.35. The summed E-state index contributed by atoms with van der Waals surface area (Å²) in [5, 5.41) is 1.63. The molecule has 0 fully saturated rings. The lowest BCUT2D eigenvalue weighted by molar-refractivity contribution is 0.483. The lowest BCUT2D eigenvalue weighted by Crippen LogP contribution is -2.33. The van der Waals surface area contributed by atoms with Gasteiger partial charge in [0.25, 0.3) is 0 Å². The molecule has 4 nitrogen and oxygen atoms in total. The van der Waals surface area contributed by atoms with Crippen molar-refractivity contribution in [1.82, 2.24) is 4.72 Å². The Morgan fingerprint density at radius 3 is 2.50 bits per heavy atom. The molecule has 0 saturated carbocycles. The maximum Gasteiger partial charge on any atom is 0.250 e. The van der Waals surface area contributed by atoms with Crippen LogP contribution in [0.4, 0.5) is 5.69 Å². The minimum atomic E-state index is -3.40. The van der Waals surface area contributed by atoms with E-state index in [1.54, 1.807) is 5.38 Å². The standard InChI is InChI=1S/C10H18N2O2S2/c1-7(2)4-8(3)12-16(13,14)10-5-9(11)6-15-10/h5-8,12H,4,11H2,1-3H3. The monoisotopic (exact) mass is 262 g/mol. The molecule has 0 aliphatic rings. The molecule has 0 bridgehead atoms. The Bertz CT molecular complexity index is 437. The molecule has 1 unspecified atom stereocenters.